The second-order valence-corrected chi connectivity index (χ2v) is 7.65. The number of hydrogen-bond acceptors (Lipinski definition) is 5. The van der Waals surface area contributed by atoms with Crippen molar-refractivity contribution in [2.75, 3.05) is 7.05 Å². The smallest absolute Gasteiger partial charge is 0.273 e. The normalized spacial score (nSPS) is 10.8. The fraction of sp³-hybridized carbons (Fsp3) is 0.130. The molecule has 0 aliphatic rings. The van der Waals surface area contributed by atoms with Crippen molar-refractivity contribution in [3.05, 3.63) is 94.9 Å². The third kappa shape index (κ3) is 4.80. The molecule has 4 aromatic rings. The Morgan fingerprint density at radius 1 is 1.10 bits per heavy atom. The van der Waals surface area contributed by atoms with Crippen LogP contribution in [0.3, 0.4) is 0 Å². The summed E-state index contributed by atoms with van der Waals surface area (Å²) in [6.07, 6.45) is 1.56. The predicted molar refractivity (Wildman–Crippen MR) is 113 cm³/mol. The summed E-state index contributed by atoms with van der Waals surface area (Å²) in [6, 6.07) is 14.2. The van der Waals surface area contributed by atoms with Gasteiger partial charge in [-0.25, -0.2) is 13.8 Å². The highest BCUT2D eigenvalue weighted by Gasteiger charge is 2.17. The molecular weight excluding hydrogens is 422 g/mol. The summed E-state index contributed by atoms with van der Waals surface area (Å²) in [4.78, 5) is 18.6. The number of thiazole rings is 1. The first kappa shape index (κ1) is 20.7. The van der Waals surface area contributed by atoms with Crippen LogP contribution >= 0.6 is 11.3 Å². The lowest BCUT2D eigenvalue weighted by Crippen LogP contribution is -2.26. The third-order valence-corrected chi connectivity index (χ3v) is 5.48. The third-order valence-electron chi connectivity index (χ3n) is 4.59. The molecule has 2 heterocycles. The van der Waals surface area contributed by atoms with Crippen LogP contribution in [0.15, 0.2) is 70.7 Å². The molecule has 158 valence electrons. The van der Waals surface area contributed by atoms with Crippen LogP contribution in [0, 0.1) is 11.6 Å². The molecule has 0 spiro atoms. The first-order valence-electron chi connectivity index (χ1n) is 9.41. The molecule has 0 fully saturated rings. The van der Waals surface area contributed by atoms with Gasteiger partial charge in [0, 0.05) is 18.0 Å². The van der Waals surface area contributed by atoms with E-state index in [9.17, 15) is 13.6 Å². The van der Waals surface area contributed by atoms with E-state index in [4.69, 9.17) is 9.15 Å². The molecule has 0 saturated carbocycles. The Morgan fingerprint density at radius 2 is 1.84 bits per heavy atom. The summed E-state index contributed by atoms with van der Waals surface area (Å²) in [6.45, 7) is 0.142. The molecule has 2 aromatic heterocycles. The maximum Gasteiger partial charge on any atom is 0.273 e. The Labute approximate surface area is 181 Å². The molecule has 0 radical (unpaired) electrons. The second kappa shape index (κ2) is 9.09. The Balaban J connectivity index is 1.40. The van der Waals surface area contributed by atoms with Crippen molar-refractivity contribution in [3.8, 4) is 16.3 Å². The van der Waals surface area contributed by atoms with Crippen LogP contribution in [0.1, 0.15) is 21.8 Å². The van der Waals surface area contributed by atoms with Gasteiger partial charge in [-0.05, 0) is 48.5 Å². The van der Waals surface area contributed by atoms with Crippen LogP contribution in [0.4, 0.5) is 8.78 Å². The summed E-state index contributed by atoms with van der Waals surface area (Å²) in [5.74, 6) is -0.331. The molecule has 2 aromatic carbocycles. The van der Waals surface area contributed by atoms with E-state index in [-0.39, 0.29) is 18.1 Å². The Kier molecular flexibility index (Phi) is 6.08. The highest BCUT2D eigenvalue weighted by Crippen LogP contribution is 2.27. The van der Waals surface area contributed by atoms with Crippen LogP contribution in [0.5, 0.6) is 5.75 Å². The van der Waals surface area contributed by atoms with Gasteiger partial charge in [-0.15, -0.1) is 11.3 Å². The summed E-state index contributed by atoms with van der Waals surface area (Å²) in [5.41, 5.74) is 1.04. The topological polar surface area (TPSA) is 55.6 Å². The van der Waals surface area contributed by atoms with Crippen molar-refractivity contribution >= 4 is 17.2 Å². The maximum absolute atomic E-state index is 13.7. The van der Waals surface area contributed by atoms with Gasteiger partial charge in [0.1, 0.15) is 40.5 Å². The Hall–Kier alpha value is -3.52. The van der Waals surface area contributed by atoms with Crippen molar-refractivity contribution in [1.29, 1.82) is 0 Å². The fourth-order valence-electron chi connectivity index (χ4n) is 2.93. The second-order valence-electron chi connectivity index (χ2n) is 6.79. The number of carbonyl (C=O) groups excluding carboxylic acids is 1. The molecule has 0 bridgehead atoms. The predicted octanol–water partition coefficient (Wildman–Crippen LogP) is 5.53. The van der Waals surface area contributed by atoms with Gasteiger partial charge in [0.25, 0.3) is 5.91 Å². The summed E-state index contributed by atoms with van der Waals surface area (Å²) in [5, 5.41) is 2.39. The SMILES string of the molecule is CN(Cc1ccco1)C(=O)c1csc(-c2ccc(OCc3c(F)cccc3F)cc2)n1. The molecule has 5 nitrogen and oxygen atoms in total. The van der Waals surface area contributed by atoms with E-state index in [1.54, 1.807) is 55.1 Å². The lowest BCUT2D eigenvalue weighted by molar-refractivity contribution is 0.0770. The lowest BCUT2D eigenvalue weighted by atomic mass is 10.2. The molecule has 0 unspecified atom stereocenters. The molecule has 0 saturated heterocycles. The van der Waals surface area contributed by atoms with Gasteiger partial charge in [-0.1, -0.05) is 6.07 Å². The number of furan rings is 1. The van der Waals surface area contributed by atoms with Crippen LogP contribution in [-0.2, 0) is 13.2 Å². The number of hydrogen-bond donors (Lipinski definition) is 0. The number of carbonyl (C=O) groups is 1. The van der Waals surface area contributed by atoms with Gasteiger partial charge < -0.3 is 14.1 Å². The molecule has 0 aliphatic heterocycles. The zero-order chi connectivity index (χ0) is 21.8. The first-order chi connectivity index (χ1) is 15.0. The van der Waals surface area contributed by atoms with E-state index in [1.807, 2.05) is 0 Å². The van der Waals surface area contributed by atoms with E-state index in [1.165, 1.54) is 34.4 Å². The maximum atomic E-state index is 13.7. The van der Waals surface area contributed by atoms with Crippen molar-refractivity contribution < 1.29 is 22.7 Å². The fourth-order valence-corrected chi connectivity index (χ4v) is 3.73. The van der Waals surface area contributed by atoms with Crippen LogP contribution in [-0.4, -0.2) is 22.8 Å². The zero-order valence-electron chi connectivity index (χ0n) is 16.5. The van der Waals surface area contributed by atoms with Gasteiger partial charge in [0.2, 0.25) is 0 Å². The van der Waals surface area contributed by atoms with Crippen molar-refractivity contribution in [2.24, 2.45) is 0 Å². The van der Waals surface area contributed by atoms with E-state index >= 15 is 0 Å². The van der Waals surface area contributed by atoms with Gasteiger partial charge >= 0.3 is 0 Å². The van der Waals surface area contributed by atoms with E-state index in [0.717, 1.165) is 5.56 Å². The molecule has 31 heavy (non-hydrogen) atoms. The van der Waals surface area contributed by atoms with Crippen molar-refractivity contribution in [3.63, 3.8) is 0 Å². The van der Waals surface area contributed by atoms with E-state index in [2.05, 4.69) is 4.98 Å². The average molecular weight is 440 g/mol. The number of amides is 1. The standard InChI is InChI=1S/C23H18F2N2O3S/c1-27(12-17-4-3-11-29-17)23(28)21-14-31-22(26-21)15-7-9-16(10-8-15)30-13-18-19(24)5-2-6-20(18)25/h2-11,14H,12-13H2,1H3. The molecular formula is C23H18F2N2O3S. The highest BCUT2D eigenvalue weighted by molar-refractivity contribution is 7.13. The van der Waals surface area contributed by atoms with Gasteiger partial charge in [0.05, 0.1) is 18.4 Å². The first-order valence-corrected chi connectivity index (χ1v) is 10.3. The number of benzene rings is 2. The van der Waals surface area contributed by atoms with Crippen molar-refractivity contribution in [1.82, 2.24) is 9.88 Å². The van der Waals surface area contributed by atoms with Gasteiger partial charge in [-0.2, -0.15) is 0 Å². The van der Waals surface area contributed by atoms with Crippen molar-refractivity contribution in [2.45, 2.75) is 13.2 Å². The summed E-state index contributed by atoms with van der Waals surface area (Å²) >= 11 is 1.35. The largest absolute Gasteiger partial charge is 0.489 e. The summed E-state index contributed by atoms with van der Waals surface area (Å²) in [7, 11) is 1.69. The average Bonchev–Trinajstić information content (AvgIpc) is 3.45. The van der Waals surface area contributed by atoms with Crippen LogP contribution in [0.25, 0.3) is 10.6 Å². The molecule has 0 aliphatic carbocycles. The minimum Gasteiger partial charge on any atom is -0.489 e. The molecule has 4 rings (SSSR count). The Bertz CT molecular complexity index is 1150. The Morgan fingerprint density at radius 3 is 2.52 bits per heavy atom. The van der Waals surface area contributed by atoms with Gasteiger partial charge in [0.15, 0.2) is 0 Å². The molecule has 0 atom stereocenters. The number of nitrogens with zero attached hydrogens (tertiary/aromatic N) is 2. The quantitative estimate of drug-likeness (QED) is 0.379. The lowest BCUT2D eigenvalue weighted by Gasteiger charge is -2.13. The monoisotopic (exact) mass is 440 g/mol. The number of ether oxygens (including phenoxy) is 1. The minimum atomic E-state index is -0.645. The summed E-state index contributed by atoms with van der Waals surface area (Å²) < 4.78 is 38.2. The number of rotatable bonds is 7. The minimum absolute atomic E-state index is 0.117. The highest BCUT2D eigenvalue weighted by atomic mass is 32.1. The molecule has 0 N–H and O–H groups in total. The van der Waals surface area contributed by atoms with E-state index < -0.39 is 11.6 Å². The van der Waals surface area contributed by atoms with Crippen LogP contribution < -0.4 is 4.74 Å². The molecule has 8 heteroatoms. The van der Waals surface area contributed by atoms with Crippen LogP contribution in [0.2, 0.25) is 0 Å². The molecule has 1 amide bonds. The number of halogens is 2. The van der Waals surface area contributed by atoms with E-state index in [0.29, 0.717) is 28.8 Å². The number of aromatic nitrogens is 1. The zero-order valence-corrected chi connectivity index (χ0v) is 17.4. The van der Waals surface area contributed by atoms with Gasteiger partial charge in [-0.3, -0.25) is 4.79 Å².